The number of hydrogen-bond donors (Lipinski definition) is 3. The fraction of sp³-hybridized carbons (Fsp3) is 0.615. The van der Waals surface area contributed by atoms with Crippen LogP contribution in [-0.4, -0.2) is 33.5 Å². The second-order valence-electron chi connectivity index (χ2n) is 5.29. The summed E-state index contributed by atoms with van der Waals surface area (Å²) < 4.78 is 0. The van der Waals surface area contributed by atoms with E-state index in [1.165, 1.54) is 6.33 Å². The molecule has 0 fully saturated rings. The predicted octanol–water partition coefficient (Wildman–Crippen LogP) is 1.77. The summed E-state index contributed by atoms with van der Waals surface area (Å²) in [6.07, 6.45) is 1.21. The molecule has 1 rings (SSSR count). The Morgan fingerprint density at radius 2 is 1.89 bits per heavy atom. The first-order valence-corrected chi connectivity index (χ1v) is 6.39. The molecule has 0 atom stereocenters. The van der Waals surface area contributed by atoms with Crippen LogP contribution in [0.25, 0.3) is 0 Å². The number of aromatic carboxylic acids is 1. The zero-order valence-electron chi connectivity index (χ0n) is 11.7. The van der Waals surface area contributed by atoms with Crippen molar-refractivity contribution in [2.75, 3.05) is 6.54 Å². The molecule has 3 N–H and O–H groups in total. The summed E-state index contributed by atoms with van der Waals surface area (Å²) in [5.74, 6) is -0.412. The number of carbonyl (C=O) groups is 2. The number of nitrogens with one attached hydrogen (secondary N) is 2. The maximum absolute atomic E-state index is 11.9. The van der Waals surface area contributed by atoms with Gasteiger partial charge in [-0.25, -0.2) is 9.78 Å². The van der Waals surface area contributed by atoms with Crippen molar-refractivity contribution in [3.63, 3.8) is 0 Å². The number of hydrogen-bond acceptors (Lipinski definition) is 3. The quantitative estimate of drug-likeness (QED) is 0.732. The van der Waals surface area contributed by atoms with E-state index in [4.69, 9.17) is 5.11 Å². The lowest BCUT2D eigenvalue weighted by molar-refractivity contribution is 0.0684. The van der Waals surface area contributed by atoms with Gasteiger partial charge in [-0.1, -0.05) is 27.7 Å². The Balaban J connectivity index is 2.70. The highest BCUT2D eigenvalue weighted by Crippen LogP contribution is 2.19. The maximum atomic E-state index is 11.9. The first-order valence-electron chi connectivity index (χ1n) is 6.39. The number of nitrogens with zero attached hydrogens (tertiary/aromatic N) is 1. The molecule has 19 heavy (non-hydrogen) atoms. The van der Waals surface area contributed by atoms with Crippen LogP contribution in [-0.2, 0) is 0 Å². The van der Waals surface area contributed by atoms with Gasteiger partial charge in [0.25, 0.3) is 5.91 Å². The van der Waals surface area contributed by atoms with Gasteiger partial charge in [0.1, 0.15) is 0 Å². The van der Waals surface area contributed by atoms with E-state index in [1.807, 2.05) is 0 Å². The van der Waals surface area contributed by atoms with Crippen molar-refractivity contribution in [1.29, 1.82) is 0 Å². The molecule has 1 heterocycles. The topological polar surface area (TPSA) is 95.1 Å². The molecule has 1 aromatic rings. The Morgan fingerprint density at radius 3 is 2.37 bits per heavy atom. The van der Waals surface area contributed by atoms with Crippen LogP contribution in [0.2, 0.25) is 0 Å². The molecule has 0 spiro atoms. The molecule has 0 saturated heterocycles. The lowest BCUT2D eigenvalue weighted by atomic mass is 9.85. The number of H-pyrrole nitrogens is 1. The average Bonchev–Trinajstić information content (AvgIpc) is 2.76. The van der Waals surface area contributed by atoms with Gasteiger partial charge in [-0.05, 0) is 17.8 Å². The highest BCUT2D eigenvalue weighted by molar-refractivity contribution is 6.02. The minimum atomic E-state index is -1.19. The maximum Gasteiger partial charge on any atom is 0.354 e. The summed E-state index contributed by atoms with van der Waals surface area (Å²) in [4.78, 5) is 29.0. The van der Waals surface area contributed by atoms with Crippen LogP contribution in [0.4, 0.5) is 0 Å². The first-order chi connectivity index (χ1) is 8.84. The van der Waals surface area contributed by atoms with Gasteiger partial charge >= 0.3 is 5.97 Å². The smallest absolute Gasteiger partial charge is 0.354 e. The van der Waals surface area contributed by atoms with Crippen molar-refractivity contribution >= 4 is 11.9 Å². The number of imidazole rings is 1. The van der Waals surface area contributed by atoms with Crippen LogP contribution in [0, 0.1) is 17.8 Å². The van der Waals surface area contributed by atoms with Crippen molar-refractivity contribution in [3.05, 3.63) is 17.7 Å². The molecule has 0 aliphatic carbocycles. The van der Waals surface area contributed by atoms with E-state index in [1.54, 1.807) is 0 Å². The van der Waals surface area contributed by atoms with Crippen molar-refractivity contribution in [3.8, 4) is 0 Å². The number of rotatable bonds is 6. The van der Waals surface area contributed by atoms with Crippen molar-refractivity contribution in [2.24, 2.45) is 17.8 Å². The van der Waals surface area contributed by atoms with Crippen LogP contribution < -0.4 is 5.32 Å². The zero-order valence-corrected chi connectivity index (χ0v) is 11.7. The van der Waals surface area contributed by atoms with Gasteiger partial charge in [0, 0.05) is 6.54 Å². The highest BCUT2D eigenvalue weighted by Gasteiger charge is 2.22. The van der Waals surface area contributed by atoms with Gasteiger partial charge in [0.2, 0.25) is 0 Å². The van der Waals surface area contributed by atoms with E-state index in [2.05, 4.69) is 43.0 Å². The zero-order chi connectivity index (χ0) is 14.6. The van der Waals surface area contributed by atoms with E-state index < -0.39 is 11.9 Å². The van der Waals surface area contributed by atoms with Crippen molar-refractivity contribution < 1.29 is 14.7 Å². The molecule has 6 heteroatoms. The summed E-state index contributed by atoms with van der Waals surface area (Å²) in [6.45, 7) is 8.93. The van der Waals surface area contributed by atoms with Gasteiger partial charge in [0.05, 0.1) is 6.33 Å². The predicted molar refractivity (Wildman–Crippen MR) is 71.0 cm³/mol. The third-order valence-electron chi connectivity index (χ3n) is 3.28. The van der Waals surface area contributed by atoms with Crippen LogP contribution in [0.1, 0.15) is 48.7 Å². The molecule has 6 nitrogen and oxygen atoms in total. The molecule has 0 radical (unpaired) electrons. The summed E-state index contributed by atoms with van der Waals surface area (Å²) >= 11 is 0. The largest absolute Gasteiger partial charge is 0.477 e. The van der Waals surface area contributed by atoms with Crippen LogP contribution in [0.15, 0.2) is 6.33 Å². The lowest BCUT2D eigenvalue weighted by Crippen LogP contribution is -2.34. The average molecular weight is 267 g/mol. The molecular weight excluding hydrogens is 246 g/mol. The Labute approximate surface area is 112 Å². The lowest BCUT2D eigenvalue weighted by Gasteiger charge is -2.24. The highest BCUT2D eigenvalue weighted by atomic mass is 16.4. The SMILES string of the molecule is CC(C)C(CNC(=O)c1nc[nH]c1C(=O)O)C(C)C. The molecule has 0 aromatic carbocycles. The molecular formula is C13H21N3O3. The summed E-state index contributed by atoms with van der Waals surface area (Å²) in [6, 6.07) is 0. The Kier molecular flexibility index (Phi) is 5.09. The molecule has 0 saturated carbocycles. The second-order valence-corrected chi connectivity index (χ2v) is 5.29. The number of aromatic amines is 1. The minimum Gasteiger partial charge on any atom is -0.477 e. The number of amides is 1. The van der Waals surface area contributed by atoms with E-state index in [9.17, 15) is 9.59 Å². The molecule has 0 unspecified atom stereocenters. The number of carboxylic acids is 1. The van der Waals surface area contributed by atoms with Gasteiger partial charge < -0.3 is 15.4 Å². The minimum absolute atomic E-state index is 0.0706. The van der Waals surface area contributed by atoms with Crippen LogP contribution in [0.3, 0.4) is 0 Å². The van der Waals surface area contributed by atoms with E-state index in [0.29, 0.717) is 24.3 Å². The second kappa shape index (κ2) is 6.36. The third kappa shape index (κ3) is 3.81. The van der Waals surface area contributed by atoms with Gasteiger partial charge in [0.15, 0.2) is 11.4 Å². The fourth-order valence-corrected chi connectivity index (χ4v) is 2.16. The number of carboxylic acid groups (broad SMARTS) is 1. The van der Waals surface area contributed by atoms with Crippen LogP contribution in [0.5, 0.6) is 0 Å². The summed E-state index contributed by atoms with van der Waals surface area (Å²) in [5.41, 5.74) is -0.248. The van der Waals surface area contributed by atoms with Crippen molar-refractivity contribution in [2.45, 2.75) is 27.7 Å². The van der Waals surface area contributed by atoms with Crippen LogP contribution >= 0.6 is 0 Å². The van der Waals surface area contributed by atoms with Crippen molar-refractivity contribution in [1.82, 2.24) is 15.3 Å². The summed E-state index contributed by atoms with van der Waals surface area (Å²) in [7, 11) is 0. The van der Waals surface area contributed by atoms with E-state index >= 15 is 0 Å². The third-order valence-corrected chi connectivity index (χ3v) is 3.28. The molecule has 1 aromatic heterocycles. The summed E-state index contributed by atoms with van der Waals surface area (Å²) in [5, 5.41) is 11.7. The Hall–Kier alpha value is -1.85. The Bertz CT molecular complexity index is 444. The first kappa shape index (κ1) is 15.2. The van der Waals surface area contributed by atoms with Gasteiger partial charge in [-0.2, -0.15) is 0 Å². The normalized spacial score (nSPS) is 11.3. The molecule has 0 bridgehead atoms. The number of aromatic nitrogens is 2. The molecule has 0 aliphatic heterocycles. The monoisotopic (exact) mass is 267 g/mol. The Morgan fingerprint density at radius 1 is 1.32 bits per heavy atom. The van der Waals surface area contributed by atoms with E-state index in [0.717, 1.165) is 0 Å². The standard InChI is InChI=1S/C13H21N3O3/c1-7(2)9(8(3)4)5-14-12(17)10-11(13(18)19)16-6-15-10/h6-9H,5H2,1-4H3,(H,14,17)(H,15,16)(H,18,19). The molecule has 1 amide bonds. The van der Waals surface area contributed by atoms with Gasteiger partial charge in [-0.3, -0.25) is 4.79 Å². The number of carbonyl (C=O) groups excluding carboxylic acids is 1. The molecule has 106 valence electrons. The fourth-order valence-electron chi connectivity index (χ4n) is 2.16. The van der Waals surface area contributed by atoms with Gasteiger partial charge in [-0.15, -0.1) is 0 Å². The van der Waals surface area contributed by atoms with E-state index in [-0.39, 0.29) is 11.4 Å². The molecule has 0 aliphatic rings.